The van der Waals surface area contributed by atoms with E-state index >= 15 is 0 Å². The van der Waals surface area contributed by atoms with E-state index in [4.69, 9.17) is 10.5 Å². The molecule has 1 unspecified atom stereocenters. The molecular weight excluding hydrogens is 328 g/mol. The summed E-state index contributed by atoms with van der Waals surface area (Å²) in [5.74, 6) is 1.50. The minimum atomic E-state index is 0.0933. The van der Waals surface area contributed by atoms with E-state index in [9.17, 15) is 0 Å². The number of ether oxygens (including phenoxy) is 1. The van der Waals surface area contributed by atoms with E-state index in [1.165, 1.54) is 16.7 Å². The van der Waals surface area contributed by atoms with Crippen LogP contribution >= 0.6 is 15.9 Å². The summed E-state index contributed by atoms with van der Waals surface area (Å²) in [7, 11) is 0. The molecule has 2 N–H and O–H groups in total. The van der Waals surface area contributed by atoms with Crippen molar-refractivity contribution in [3.05, 3.63) is 51.8 Å². The molecule has 0 saturated heterocycles. The van der Waals surface area contributed by atoms with Gasteiger partial charge in [-0.2, -0.15) is 0 Å². The normalized spacial score (nSPS) is 15.1. The highest BCUT2D eigenvalue weighted by Gasteiger charge is 2.18. The van der Waals surface area contributed by atoms with Gasteiger partial charge in [0.15, 0.2) is 0 Å². The van der Waals surface area contributed by atoms with Crippen LogP contribution in [-0.2, 0) is 13.0 Å². The van der Waals surface area contributed by atoms with Crippen LogP contribution in [0, 0.1) is 5.92 Å². The van der Waals surface area contributed by atoms with Gasteiger partial charge < -0.3 is 15.0 Å². The lowest BCUT2D eigenvalue weighted by Gasteiger charge is -2.14. The molecule has 1 aromatic carbocycles. The highest BCUT2D eigenvalue weighted by atomic mass is 79.9. The van der Waals surface area contributed by atoms with E-state index in [1.807, 2.05) is 0 Å². The molecule has 1 aliphatic heterocycles. The zero-order valence-electron chi connectivity index (χ0n) is 12.5. The van der Waals surface area contributed by atoms with E-state index in [1.54, 1.807) is 0 Å². The lowest BCUT2D eigenvalue weighted by molar-refractivity contribution is 0.352. The molecule has 0 saturated carbocycles. The fraction of sp³-hybridized carbons (Fsp3) is 0.412. The number of halogens is 1. The van der Waals surface area contributed by atoms with Crippen LogP contribution in [0.5, 0.6) is 5.75 Å². The second-order valence-electron chi connectivity index (χ2n) is 6.04. The van der Waals surface area contributed by atoms with Gasteiger partial charge in [-0.1, -0.05) is 29.8 Å². The van der Waals surface area contributed by atoms with Crippen LogP contribution in [0.1, 0.15) is 36.6 Å². The number of hydrogen-bond donors (Lipinski definition) is 1. The first-order chi connectivity index (χ1) is 10.0. The molecule has 1 atom stereocenters. The summed E-state index contributed by atoms with van der Waals surface area (Å²) in [5, 5.41) is 0. The van der Waals surface area contributed by atoms with Crippen LogP contribution in [0.3, 0.4) is 0 Å². The second kappa shape index (κ2) is 5.85. The highest BCUT2D eigenvalue weighted by molar-refractivity contribution is 9.10. The Labute approximate surface area is 134 Å². The largest absolute Gasteiger partial charge is 0.493 e. The quantitative estimate of drug-likeness (QED) is 0.910. The summed E-state index contributed by atoms with van der Waals surface area (Å²) in [6.07, 6.45) is 5.24. The molecule has 0 radical (unpaired) electrons. The third kappa shape index (κ3) is 3.01. The Bertz CT molecular complexity index is 648. The third-order valence-corrected chi connectivity index (χ3v) is 4.51. The standard InChI is InChI=1S/C17H21BrN2O/c1-11(2)16(19)13-3-5-20(9-13)10-14-8-15(18)7-12-4-6-21-17(12)14/h3,5,7-9,11,16H,4,6,10,19H2,1-2H3. The minimum Gasteiger partial charge on any atom is -0.493 e. The van der Waals surface area contributed by atoms with Crippen molar-refractivity contribution in [1.82, 2.24) is 4.57 Å². The summed E-state index contributed by atoms with van der Waals surface area (Å²) in [6.45, 7) is 5.90. The number of benzene rings is 1. The Morgan fingerprint density at radius 1 is 1.38 bits per heavy atom. The van der Waals surface area contributed by atoms with Crippen LogP contribution in [0.4, 0.5) is 0 Å². The third-order valence-electron chi connectivity index (χ3n) is 4.05. The molecule has 2 aromatic rings. The highest BCUT2D eigenvalue weighted by Crippen LogP contribution is 2.33. The van der Waals surface area contributed by atoms with Crippen molar-refractivity contribution in [2.45, 2.75) is 32.9 Å². The lowest BCUT2D eigenvalue weighted by atomic mass is 10.00. The van der Waals surface area contributed by atoms with E-state index in [-0.39, 0.29) is 6.04 Å². The molecule has 3 rings (SSSR count). The number of aromatic nitrogens is 1. The average molecular weight is 349 g/mol. The van der Waals surface area contributed by atoms with Crippen molar-refractivity contribution in [2.75, 3.05) is 6.61 Å². The Kier molecular flexibility index (Phi) is 4.09. The zero-order chi connectivity index (χ0) is 15.0. The number of rotatable bonds is 4. The predicted molar refractivity (Wildman–Crippen MR) is 88.6 cm³/mol. The van der Waals surface area contributed by atoms with Crippen molar-refractivity contribution < 1.29 is 4.74 Å². The molecule has 1 aliphatic rings. The Hall–Kier alpha value is -1.26. The van der Waals surface area contributed by atoms with Crippen LogP contribution in [0.15, 0.2) is 35.1 Å². The van der Waals surface area contributed by atoms with Crippen molar-refractivity contribution in [3.63, 3.8) is 0 Å². The number of fused-ring (bicyclic) bond motifs is 1. The summed E-state index contributed by atoms with van der Waals surface area (Å²) in [6, 6.07) is 6.51. The van der Waals surface area contributed by atoms with Crippen LogP contribution in [0.25, 0.3) is 0 Å². The van der Waals surface area contributed by atoms with Gasteiger partial charge in [0.25, 0.3) is 0 Å². The van der Waals surface area contributed by atoms with Gasteiger partial charge in [0.2, 0.25) is 0 Å². The molecule has 1 aromatic heterocycles. The van der Waals surface area contributed by atoms with Gasteiger partial charge >= 0.3 is 0 Å². The van der Waals surface area contributed by atoms with Crippen molar-refractivity contribution in [3.8, 4) is 5.75 Å². The zero-order valence-corrected chi connectivity index (χ0v) is 14.1. The van der Waals surface area contributed by atoms with Gasteiger partial charge in [-0.05, 0) is 35.2 Å². The summed E-state index contributed by atoms with van der Waals surface area (Å²) in [4.78, 5) is 0. The number of nitrogens with zero attached hydrogens (tertiary/aromatic N) is 1. The fourth-order valence-electron chi connectivity index (χ4n) is 2.80. The predicted octanol–water partition coefficient (Wildman–Crippen LogP) is 3.89. The van der Waals surface area contributed by atoms with Gasteiger partial charge in [-0.15, -0.1) is 0 Å². The van der Waals surface area contributed by atoms with Gasteiger partial charge in [0.1, 0.15) is 5.75 Å². The topological polar surface area (TPSA) is 40.2 Å². The van der Waals surface area contributed by atoms with E-state index < -0.39 is 0 Å². The first kappa shape index (κ1) is 14.7. The molecule has 0 amide bonds. The maximum absolute atomic E-state index is 6.21. The van der Waals surface area contributed by atoms with E-state index in [0.29, 0.717) is 5.92 Å². The first-order valence-corrected chi connectivity index (χ1v) is 8.19. The molecule has 0 aliphatic carbocycles. The van der Waals surface area contributed by atoms with Crippen LogP contribution in [0.2, 0.25) is 0 Å². The summed E-state index contributed by atoms with van der Waals surface area (Å²) >= 11 is 3.59. The first-order valence-electron chi connectivity index (χ1n) is 7.40. The molecule has 4 heteroatoms. The lowest BCUT2D eigenvalue weighted by Crippen LogP contribution is -2.15. The smallest absolute Gasteiger partial charge is 0.127 e. The Morgan fingerprint density at radius 3 is 2.95 bits per heavy atom. The van der Waals surface area contributed by atoms with Gasteiger partial charge in [-0.25, -0.2) is 0 Å². The molecule has 0 fully saturated rings. The maximum atomic E-state index is 6.21. The summed E-state index contributed by atoms with van der Waals surface area (Å²) < 4.78 is 9.09. The second-order valence-corrected chi connectivity index (χ2v) is 6.95. The van der Waals surface area contributed by atoms with E-state index in [2.05, 4.69) is 64.9 Å². The number of hydrogen-bond acceptors (Lipinski definition) is 2. The molecule has 3 nitrogen and oxygen atoms in total. The Morgan fingerprint density at radius 2 is 2.19 bits per heavy atom. The van der Waals surface area contributed by atoms with Crippen molar-refractivity contribution in [1.29, 1.82) is 0 Å². The van der Waals surface area contributed by atoms with Crippen molar-refractivity contribution >= 4 is 15.9 Å². The Balaban J connectivity index is 1.85. The molecule has 21 heavy (non-hydrogen) atoms. The molecular formula is C17H21BrN2O. The SMILES string of the molecule is CC(C)C(N)c1ccn(Cc2cc(Br)cc3c2OCC3)c1. The van der Waals surface area contributed by atoms with Crippen molar-refractivity contribution in [2.24, 2.45) is 11.7 Å². The average Bonchev–Trinajstić information content (AvgIpc) is 3.06. The van der Waals surface area contributed by atoms with Crippen LogP contribution < -0.4 is 10.5 Å². The van der Waals surface area contributed by atoms with Gasteiger partial charge in [0, 0.05) is 34.9 Å². The fourth-order valence-corrected chi connectivity index (χ4v) is 3.35. The van der Waals surface area contributed by atoms with Gasteiger partial charge in [-0.3, -0.25) is 0 Å². The van der Waals surface area contributed by atoms with Gasteiger partial charge in [0.05, 0.1) is 13.2 Å². The monoisotopic (exact) mass is 348 g/mol. The van der Waals surface area contributed by atoms with E-state index in [0.717, 1.165) is 29.8 Å². The number of nitrogens with two attached hydrogens (primary N) is 1. The molecule has 2 heterocycles. The minimum absolute atomic E-state index is 0.0933. The molecule has 112 valence electrons. The maximum Gasteiger partial charge on any atom is 0.127 e. The molecule has 0 bridgehead atoms. The summed E-state index contributed by atoms with van der Waals surface area (Å²) in [5.41, 5.74) is 9.92. The molecule has 0 spiro atoms. The van der Waals surface area contributed by atoms with Crippen LogP contribution in [-0.4, -0.2) is 11.2 Å².